The van der Waals surface area contributed by atoms with Gasteiger partial charge < -0.3 is 15.8 Å². The maximum absolute atomic E-state index is 12.0. The lowest BCUT2D eigenvalue weighted by atomic mass is 10.2. The average Bonchev–Trinajstić information content (AvgIpc) is 3.11. The highest BCUT2D eigenvalue weighted by Gasteiger charge is 2.24. The summed E-state index contributed by atoms with van der Waals surface area (Å²) in [6.45, 7) is 3.78. The van der Waals surface area contributed by atoms with E-state index in [1.54, 1.807) is 12.5 Å². The van der Waals surface area contributed by atoms with Crippen LogP contribution in [0.1, 0.15) is 28.3 Å². The van der Waals surface area contributed by atoms with Crippen LogP contribution in [0.4, 0.5) is 0 Å². The van der Waals surface area contributed by atoms with Gasteiger partial charge in [0.05, 0.1) is 6.61 Å². The molecule has 0 saturated carbocycles. The number of thiazole rings is 1. The minimum absolute atomic E-state index is 0.112. The van der Waals surface area contributed by atoms with Crippen molar-refractivity contribution in [3.63, 3.8) is 0 Å². The van der Waals surface area contributed by atoms with E-state index in [4.69, 9.17) is 10.5 Å². The van der Waals surface area contributed by atoms with Gasteiger partial charge in [0.15, 0.2) is 0 Å². The van der Waals surface area contributed by atoms with Gasteiger partial charge in [0.2, 0.25) is 0 Å². The lowest BCUT2D eigenvalue weighted by Crippen LogP contribution is -2.41. The first-order chi connectivity index (χ1) is 9.74. The fourth-order valence-corrected chi connectivity index (χ4v) is 3.09. The van der Waals surface area contributed by atoms with Gasteiger partial charge >= 0.3 is 0 Å². The molecular formula is C13H22N4O2S. The molecule has 7 heteroatoms. The van der Waals surface area contributed by atoms with Crippen molar-refractivity contribution in [1.82, 2.24) is 15.2 Å². The number of carbonyl (C=O) groups excluding carboxylic acids is 1. The van der Waals surface area contributed by atoms with Crippen molar-refractivity contribution in [2.24, 2.45) is 5.73 Å². The van der Waals surface area contributed by atoms with Gasteiger partial charge in [-0.2, -0.15) is 0 Å². The molecule has 1 saturated heterocycles. The van der Waals surface area contributed by atoms with Crippen LogP contribution in [0, 0.1) is 0 Å². The molecule has 0 bridgehead atoms. The van der Waals surface area contributed by atoms with Crippen molar-refractivity contribution in [2.75, 3.05) is 33.4 Å². The summed E-state index contributed by atoms with van der Waals surface area (Å²) in [6.07, 6.45) is 2.30. The van der Waals surface area contributed by atoms with Crippen LogP contribution in [0.5, 0.6) is 0 Å². The molecule has 2 heterocycles. The minimum Gasteiger partial charge on any atom is -0.383 e. The zero-order chi connectivity index (χ0) is 14.4. The topological polar surface area (TPSA) is 80.5 Å². The van der Waals surface area contributed by atoms with Crippen LogP contribution in [-0.4, -0.2) is 55.2 Å². The fraction of sp³-hybridized carbons (Fsp3) is 0.692. The Morgan fingerprint density at radius 1 is 1.70 bits per heavy atom. The number of methoxy groups -OCH3 is 1. The van der Waals surface area contributed by atoms with E-state index < -0.39 is 0 Å². The van der Waals surface area contributed by atoms with Crippen molar-refractivity contribution in [3.8, 4) is 0 Å². The first-order valence-corrected chi connectivity index (χ1v) is 7.78. The molecule has 6 nitrogen and oxygen atoms in total. The largest absolute Gasteiger partial charge is 0.383 e. The van der Waals surface area contributed by atoms with Crippen molar-refractivity contribution in [2.45, 2.75) is 25.4 Å². The van der Waals surface area contributed by atoms with Crippen LogP contribution >= 0.6 is 11.3 Å². The van der Waals surface area contributed by atoms with E-state index in [-0.39, 0.29) is 5.91 Å². The number of rotatable bonds is 7. The summed E-state index contributed by atoms with van der Waals surface area (Å²) in [5.41, 5.74) is 5.97. The Morgan fingerprint density at radius 2 is 2.55 bits per heavy atom. The molecule has 112 valence electrons. The van der Waals surface area contributed by atoms with Gasteiger partial charge in [-0.15, -0.1) is 11.3 Å². The fourth-order valence-electron chi connectivity index (χ4n) is 2.44. The molecule has 1 amide bonds. The lowest BCUT2D eigenvalue weighted by molar-refractivity contribution is 0.0928. The van der Waals surface area contributed by atoms with E-state index in [0.29, 0.717) is 24.8 Å². The summed E-state index contributed by atoms with van der Waals surface area (Å²) in [5.74, 6) is -0.112. The second-order valence-electron chi connectivity index (χ2n) is 4.87. The number of aromatic nitrogens is 1. The molecule has 0 spiro atoms. The van der Waals surface area contributed by atoms with Crippen molar-refractivity contribution in [1.29, 1.82) is 0 Å². The highest BCUT2D eigenvalue weighted by molar-refractivity contribution is 7.09. The third-order valence-electron chi connectivity index (χ3n) is 3.54. The number of hydrogen-bond acceptors (Lipinski definition) is 6. The lowest BCUT2D eigenvalue weighted by Gasteiger charge is -2.24. The molecule has 1 aliphatic heterocycles. The third kappa shape index (κ3) is 3.99. The third-order valence-corrected chi connectivity index (χ3v) is 4.41. The number of carbonyl (C=O) groups is 1. The van der Waals surface area contributed by atoms with Crippen molar-refractivity contribution < 1.29 is 9.53 Å². The second-order valence-corrected chi connectivity index (χ2v) is 5.81. The molecule has 20 heavy (non-hydrogen) atoms. The Balaban J connectivity index is 1.80. The normalized spacial score (nSPS) is 19.4. The summed E-state index contributed by atoms with van der Waals surface area (Å²) in [7, 11) is 1.71. The highest BCUT2D eigenvalue weighted by Crippen LogP contribution is 2.16. The van der Waals surface area contributed by atoms with Crippen LogP contribution < -0.4 is 11.1 Å². The van der Waals surface area contributed by atoms with Gasteiger partial charge in [-0.05, 0) is 19.4 Å². The Bertz CT molecular complexity index is 438. The van der Waals surface area contributed by atoms with Gasteiger partial charge in [0.25, 0.3) is 5.91 Å². The molecule has 2 rings (SSSR count). The monoisotopic (exact) mass is 298 g/mol. The molecule has 1 aromatic rings. The SMILES string of the molecule is COCCN1CCCC1CNC(=O)c1csc(CN)n1. The molecule has 0 radical (unpaired) electrons. The van der Waals surface area contributed by atoms with E-state index in [1.807, 2.05) is 0 Å². The van der Waals surface area contributed by atoms with Crippen molar-refractivity contribution in [3.05, 3.63) is 16.1 Å². The Kier molecular flexibility index (Phi) is 5.90. The van der Waals surface area contributed by atoms with Gasteiger partial charge in [-0.25, -0.2) is 4.98 Å². The maximum Gasteiger partial charge on any atom is 0.270 e. The van der Waals surface area contributed by atoms with E-state index in [1.165, 1.54) is 17.8 Å². The maximum atomic E-state index is 12.0. The van der Waals surface area contributed by atoms with Crippen molar-refractivity contribution >= 4 is 17.2 Å². The molecule has 1 aliphatic rings. The van der Waals surface area contributed by atoms with Crippen LogP contribution in [0.25, 0.3) is 0 Å². The van der Waals surface area contributed by atoms with Gasteiger partial charge in [0.1, 0.15) is 10.7 Å². The quantitative estimate of drug-likeness (QED) is 0.763. The summed E-state index contributed by atoms with van der Waals surface area (Å²) < 4.78 is 5.11. The molecule has 1 aromatic heterocycles. The summed E-state index contributed by atoms with van der Waals surface area (Å²) in [4.78, 5) is 18.6. The molecule has 3 N–H and O–H groups in total. The molecule has 0 aromatic carbocycles. The van der Waals surface area contributed by atoms with Crippen LogP contribution in [0.3, 0.4) is 0 Å². The van der Waals surface area contributed by atoms with E-state index in [0.717, 1.165) is 31.1 Å². The second kappa shape index (κ2) is 7.68. The number of hydrogen-bond donors (Lipinski definition) is 2. The standard InChI is InChI=1S/C13H22N4O2S/c1-19-6-5-17-4-2-3-10(17)8-15-13(18)11-9-20-12(7-14)16-11/h9-10H,2-8,14H2,1H3,(H,15,18). The van der Waals surface area contributed by atoms with Crippen LogP contribution in [-0.2, 0) is 11.3 Å². The summed E-state index contributed by atoms with van der Waals surface area (Å²) >= 11 is 1.42. The number of likely N-dealkylation sites (tertiary alicyclic amines) is 1. The van der Waals surface area contributed by atoms with E-state index in [2.05, 4.69) is 15.2 Å². The Hall–Kier alpha value is -1.02. The molecule has 0 aliphatic carbocycles. The zero-order valence-corrected chi connectivity index (χ0v) is 12.6. The number of ether oxygens (including phenoxy) is 1. The molecule has 1 atom stereocenters. The number of nitrogens with zero attached hydrogens (tertiary/aromatic N) is 2. The number of nitrogens with two attached hydrogens (primary N) is 1. The predicted molar refractivity (Wildman–Crippen MR) is 78.8 cm³/mol. The molecule has 1 unspecified atom stereocenters. The van der Waals surface area contributed by atoms with E-state index >= 15 is 0 Å². The van der Waals surface area contributed by atoms with Gasteiger partial charge in [-0.1, -0.05) is 0 Å². The minimum atomic E-state index is -0.112. The zero-order valence-electron chi connectivity index (χ0n) is 11.8. The van der Waals surface area contributed by atoms with Gasteiger partial charge in [-0.3, -0.25) is 9.69 Å². The average molecular weight is 298 g/mol. The molecular weight excluding hydrogens is 276 g/mol. The summed E-state index contributed by atoms with van der Waals surface area (Å²) in [6, 6.07) is 0.404. The van der Waals surface area contributed by atoms with Gasteiger partial charge in [0, 0.05) is 38.2 Å². The number of nitrogens with one attached hydrogen (secondary N) is 1. The summed E-state index contributed by atoms with van der Waals surface area (Å²) in [5, 5.41) is 5.52. The Morgan fingerprint density at radius 3 is 3.25 bits per heavy atom. The molecule has 1 fully saturated rings. The highest BCUT2D eigenvalue weighted by atomic mass is 32.1. The Labute approximate surface area is 123 Å². The van der Waals surface area contributed by atoms with Crippen LogP contribution in [0.15, 0.2) is 5.38 Å². The van der Waals surface area contributed by atoms with Crippen LogP contribution in [0.2, 0.25) is 0 Å². The first kappa shape index (κ1) is 15.4. The smallest absolute Gasteiger partial charge is 0.270 e. The van der Waals surface area contributed by atoms with E-state index in [9.17, 15) is 4.79 Å². The predicted octanol–water partition coefficient (Wildman–Crippen LogP) is 0.442. The first-order valence-electron chi connectivity index (χ1n) is 6.90. The number of amides is 1.